The fourth-order valence-electron chi connectivity index (χ4n) is 1.93. The zero-order valence-electron chi connectivity index (χ0n) is 12.6. The third-order valence-electron chi connectivity index (χ3n) is 3.07. The Morgan fingerprint density at radius 3 is 2.96 bits per heavy atom. The lowest BCUT2D eigenvalue weighted by molar-refractivity contribution is -0.385. The van der Waals surface area contributed by atoms with Crippen LogP contribution in [-0.2, 0) is 9.53 Å². The molecule has 0 saturated carbocycles. The van der Waals surface area contributed by atoms with Gasteiger partial charge in [-0.3, -0.25) is 14.9 Å². The first-order chi connectivity index (χ1) is 11.5. The number of hydrazone groups is 1. The fraction of sp³-hybridized carbons (Fsp3) is 0.357. The molecule has 24 heavy (non-hydrogen) atoms. The summed E-state index contributed by atoms with van der Waals surface area (Å²) in [5, 5.41) is 24.6. The van der Waals surface area contributed by atoms with E-state index in [2.05, 4.69) is 5.10 Å². The molecule has 1 aromatic rings. The molecule has 0 aliphatic carbocycles. The number of carboxylic acids is 1. The molecule has 1 amide bonds. The number of nitrogens with zero attached hydrogens (tertiary/aromatic N) is 3. The quantitative estimate of drug-likeness (QED) is 0.330. The van der Waals surface area contributed by atoms with E-state index in [1.165, 1.54) is 24.4 Å². The SMILES string of the molecule is O=C(O)CCCOc1ccc([N+](=O)[O-])c(/C=N/N2CCOC2=O)c1. The highest BCUT2D eigenvalue weighted by Crippen LogP contribution is 2.23. The summed E-state index contributed by atoms with van der Waals surface area (Å²) in [4.78, 5) is 32.2. The Balaban J connectivity index is 2.09. The van der Waals surface area contributed by atoms with E-state index in [0.717, 1.165) is 5.01 Å². The summed E-state index contributed by atoms with van der Waals surface area (Å²) in [6.07, 6.45) is 0.859. The van der Waals surface area contributed by atoms with E-state index >= 15 is 0 Å². The Morgan fingerprint density at radius 2 is 2.33 bits per heavy atom. The number of cyclic esters (lactones) is 1. The normalized spacial score (nSPS) is 14.0. The number of nitro groups is 1. The van der Waals surface area contributed by atoms with Crippen LogP contribution in [0.25, 0.3) is 0 Å². The first kappa shape index (κ1) is 17.2. The topological polar surface area (TPSA) is 132 Å². The minimum Gasteiger partial charge on any atom is -0.494 e. The van der Waals surface area contributed by atoms with Gasteiger partial charge in [0.25, 0.3) is 5.69 Å². The Labute approximate surface area is 136 Å². The number of amides is 1. The van der Waals surface area contributed by atoms with Gasteiger partial charge in [0.2, 0.25) is 0 Å². The Bertz CT molecular complexity index is 674. The number of hydrogen-bond donors (Lipinski definition) is 1. The van der Waals surface area contributed by atoms with Crippen LogP contribution in [0.5, 0.6) is 5.75 Å². The fourth-order valence-corrected chi connectivity index (χ4v) is 1.93. The van der Waals surface area contributed by atoms with Crippen LogP contribution >= 0.6 is 0 Å². The molecule has 1 saturated heterocycles. The second kappa shape index (κ2) is 7.90. The summed E-state index contributed by atoms with van der Waals surface area (Å²) in [6, 6.07) is 4.08. The van der Waals surface area contributed by atoms with Crippen molar-refractivity contribution in [2.75, 3.05) is 19.8 Å². The van der Waals surface area contributed by atoms with Gasteiger partial charge in [-0.2, -0.15) is 10.1 Å². The Kier molecular flexibility index (Phi) is 5.66. The van der Waals surface area contributed by atoms with E-state index in [1.54, 1.807) is 0 Å². The monoisotopic (exact) mass is 337 g/mol. The average Bonchev–Trinajstić information content (AvgIpc) is 2.94. The molecular weight excluding hydrogens is 322 g/mol. The smallest absolute Gasteiger partial charge is 0.430 e. The number of hydrogen-bond acceptors (Lipinski definition) is 7. The van der Waals surface area contributed by atoms with Crippen LogP contribution in [0, 0.1) is 10.1 Å². The van der Waals surface area contributed by atoms with E-state index in [1.807, 2.05) is 0 Å². The lowest BCUT2D eigenvalue weighted by atomic mass is 10.2. The molecule has 10 nitrogen and oxygen atoms in total. The molecule has 0 unspecified atom stereocenters. The van der Waals surface area contributed by atoms with E-state index in [4.69, 9.17) is 14.6 Å². The van der Waals surface area contributed by atoms with Crippen LogP contribution < -0.4 is 4.74 Å². The Morgan fingerprint density at radius 1 is 1.54 bits per heavy atom. The highest BCUT2D eigenvalue weighted by atomic mass is 16.6. The number of benzene rings is 1. The molecule has 1 fully saturated rings. The number of ether oxygens (including phenoxy) is 2. The summed E-state index contributed by atoms with van der Waals surface area (Å²) in [7, 11) is 0. The third kappa shape index (κ3) is 4.66. The van der Waals surface area contributed by atoms with Crippen molar-refractivity contribution in [3.8, 4) is 5.75 Å². The van der Waals surface area contributed by atoms with Gasteiger partial charge >= 0.3 is 12.1 Å². The maximum atomic E-state index is 11.3. The van der Waals surface area contributed by atoms with Crippen LogP contribution in [0.3, 0.4) is 0 Å². The number of carbonyl (C=O) groups is 2. The molecule has 0 aromatic heterocycles. The standard InChI is InChI=1S/C14H15N3O7/c18-13(19)2-1-6-23-11-3-4-12(17(21)22)10(8-11)9-15-16-5-7-24-14(16)20/h3-4,8-9H,1-2,5-7H2,(H,18,19)/b15-9+. The minimum absolute atomic E-state index is 0.0294. The minimum atomic E-state index is -0.923. The van der Waals surface area contributed by atoms with E-state index in [0.29, 0.717) is 12.2 Å². The number of carboxylic acid groups (broad SMARTS) is 1. The molecule has 2 rings (SSSR count). The van der Waals surface area contributed by atoms with Crippen LogP contribution in [0.1, 0.15) is 18.4 Å². The summed E-state index contributed by atoms with van der Waals surface area (Å²) < 4.78 is 10.1. The molecule has 0 atom stereocenters. The van der Waals surface area contributed by atoms with E-state index < -0.39 is 17.0 Å². The maximum absolute atomic E-state index is 11.3. The molecule has 1 aliphatic rings. The van der Waals surface area contributed by atoms with Gasteiger partial charge in [0.1, 0.15) is 12.4 Å². The van der Waals surface area contributed by atoms with Gasteiger partial charge in [-0.05, 0) is 18.6 Å². The van der Waals surface area contributed by atoms with Crippen LogP contribution in [0.15, 0.2) is 23.3 Å². The van der Waals surface area contributed by atoms with Crippen LogP contribution in [0.2, 0.25) is 0 Å². The molecule has 0 radical (unpaired) electrons. The first-order valence-corrected chi connectivity index (χ1v) is 7.08. The maximum Gasteiger partial charge on any atom is 0.430 e. The van der Waals surface area contributed by atoms with Crippen molar-refractivity contribution in [2.24, 2.45) is 5.10 Å². The number of aliphatic carboxylic acids is 1. The first-order valence-electron chi connectivity index (χ1n) is 7.08. The molecule has 0 bridgehead atoms. The van der Waals surface area contributed by atoms with Crippen molar-refractivity contribution in [1.29, 1.82) is 0 Å². The average molecular weight is 337 g/mol. The van der Waals surface area contributed by atoms with E-state index in [9.17, 15) is 19.7 Å². The van der Waals surface area contributed by atoms with Crippen molar-refractivity contribution in [3.05, 3.63) is 33.9 Å². The second-order valence-electron chi connectivity index (χ2n) is 4.81. The van der Waals surface area contributed by atoms with Crippen molar-refractivity contribution in [2.45, 2.75) is 12.8 Å². The molecule has 1 heterocycles. The van der Waals surface area contributed by atoms with Gasteiger partial charge in [-0.1, -0.05) is 0 Å². The zero-order chi connectivity index (χ0) is 17.5. The van der Waals surface area contributed by atoms with Crippen molar-refractivity contribution < 1.29 is 29.1 Å². The molecule has 1 N–H and O–H groups in total. The molecule has 1 aromatic carbocycles. The summed E-state index contributed by atoms with van der Waals surface area (Å²) in [6.45, 7) is 0.651. The van der Waals surface area contributed by atoms with Gasteiger partial charge in [0, 0.05) is 12.5 Å². The predicted octanol–water partition coefficient (Wildman–Crippen LogP) is 1.62. The highest BCUT2D eigenvalue weighted by molar-refractivity contribution is 5.86. The lowest BCUT2D eigenvalue weighted by Gasteiger charge is -2.07. The lowest BCUT2D eigenvalue weighted by Crippen LogP contribution is -2.17. The molecule has 0 spiro atoms. The molecule has 1 aliphatic heterocycles. The predicted molar refractivity (Wildman–Crippen MR) is 81.1 cm³/mol. The highest BCUT2D eigenvalue weighted by Gasteiger charge is 2.21. The summed E-state index contributed by atoms with van der Waals surface area (Å²) >= 11 is 0. The van der Waals surface area contributed by atoms with E-state index in [-0.39, 0.29) is 37.4 Å². The molecule has 10 heteroatoms. The van der Waals surface area contributed by atoms with Gasteiger partial charge < -0.3 is 14.6 Å². The van der Waals surface area contributed by atoms with Crippen LogP contribution in [0.4, 0.5) is 10.5 Å². The van der Waals surface area contributed by atoms with Crippen LogP contribution in [-0.4, -0.2) is 53.1 Å². The summed E-state index contributed by atoms with van der Waals surface area (Å²) in [5.74, 6) is -0.580. The molecular formula is C14H15N3O7. The van der Waals surface area contributed by atoms with Gasteiger partial charge in [0.15, 0.2) is 0 Å². The number of rotatable bonds is 8. The van der Waals surface area contributed by atoms with Crippen molar-refractivity contribution >= 4 is 24.0 Å². The Hall–Kier alpha value is -3.17. The summed E-state index contributed by atoms with van der Waals surface area (Å²) in [5.41, 5.74) is -0.0281. The zero-order valence-corrected chi connectivity index (χ0v) is 12.6. The van der Waals surface area contributed by atoms with Gasteiger partial charge in [-0.25, -0.2) is 4.79 Å². The second-order valence-corrected chi connectivity index (χ2v) is 4.81. The number of carbonyl (C=O) groups excluding carboxylic acids is 1. The van der Waals surface area contributed by atoms with Gasteiger partial charge in [0.05, 0.1) is 29.9 Å². The van der Waals surface area contributed by atoms with Crippen molar-refractivity contribution in [1.82, 2.24) is 5.01 Å². The largest absolute Gasteiger partial charge is 0.494 e. The van der Waals surface area contributed by atoms with Gasteiger partial charge in [-0.15, -0.1) is 0 Å². The number of nitro benzene ring substituents is 1. The van der Waals surface area contributed by atoms with Crippen molar-refractivity contribution in [3.63, 3.8) is 0 Å². The molecule has 128 valence electrons. The third-order valence-corrected chi connectivity index (χ3v) is 3.07.